The van der Waals surface area contributed by atoms with Gasteiger partial charge in [-0.25, -0.2) is 14.8 Å². The maximum atomic E-state index is 12.9. The van der Waals surface area contributed by atoms with E-state index in [9.17, 15) is 29.4 Å². The Morgan fingerprint density at radius 1 is 1.15 bits per heavy atom. The smallest absolute Gasteiger partial charge is 0.335 e. The second-order valence-corrected chi connectivity index (χ2v) is 9.71. The number of amides is 2. The molecule has 1 aliphatic heterocycles. The van der Waals surface area contributed by atoms with E-state index in [1.807, 2.05) is 0 Å². The number of aromatic carboxylic acids is 1. The van der Waals surface area contributed by atoms with Crippen LogP contribution in [0, 0.1) is 6.92 Å². The number of rotatable bonds is 9. The van der Waals surface area contributed by atoms with E-state index in [2.05, 4.69) is 20.6 Å². The molecule has 0 spiro atoms. The highest BCUT2D eigenvalue weighted by molar-refractivity contribution is 5.95. The quantitative estimate of drug-likeness (QED) is 0.313. The highest BCUT2D eigenvalue weighted by atomic mass is 16.5. The molecule has 2 aromatic carbocycles. The lowest BCUT2D eigenvalue weighted by molar-refractivity contribution is -0.139. The maximum absolute atomic E-state index is 12.9. The summed E-state index contributed by atoms with van der Waals surface area (Å²) in [6, 6.07) is 9.84. The average molecular weight is 546 g/mol. The molecule has 12 nitrogen and oxygen atoms in total. The molecule has 4 N–H and O–H groups in total. The first-order chi connectivity index (χ1) is 19.2. The average Bonchev–Trinajstić information content (AvgIpc) is 3.36. The number of aromatic nitrogens is 2. The fourth-order valence-electron chi connectivity index (χ4n) is 5.25. The Bertz CT molecular complexity index is 1520. The molecule has 12 heteroatoms. The van der Waals surface area contributed by atoms with Crippen LogP contribution in [0.4, 0.5) is 5.69 Å². The van der Waals surface area contributed by atoms with Crippen LogP contribution in [0.2, 0.25) is 0 Å². The van der Waals surface area contributed by atoms with Crippen LogP contribution >= 0.6 is 0 Å². The molecular weight excluding hydrogens is 518 g/mol. The second kappa shape index (κ2) is 11.1. The Morgan fingerprint density at radius 2 is 1.98 bits per heavy atom. The first-order valence-electron chi connectivity index (χ1n) is 12.7. The van der Waals surface area contributed by atoms with Gasteiger partial charge < -0.3 is 25.6 Å². The Labute approximate surface area is 229 Å². The summed E-state index contributed by atoms with van der Waals surface area (Å²) in [7, 11) is 0. The van der Waals surface area contributed by atoms with Crippen LogP contribution in [0.15, 0.2) is 42.7 Å². The molecule has 3 aromatic rings. The number of aliphatic carboxylic acids is 1. The first-order valence-corrected chi connectivity index (χ1v) is 12.7. The number of nitrogens with zero attached hydrogens (tertiary/aromatic N) is 3. The number of benzene rings is 2. The van der Waals surface area contributed by atoms with Gasteiger partial charge in [-0.3, -0.25) is 19.3 Å². The molecule has 1 aromatic heterocycles. The highest BCUT2D eigenvalue weighted by Gasteiger charge is 2.32. The maximum Gasteiger partial charge on any atom is 0.335 e. The molecule has 1 aliphatic carbocycles. The van der Waals surface area contributed by atoms with Gasteiger partial charge in [-0.15, -0.1) is 0 Å². The molecule has 2 heterocycles. The van der Waals surface area contributed by atoms with Crippen LogP contribution in [-0.2, 0) is 29.1 Å². The molecule has 2 aliphatic rings. The molecule has 1 atom stereocenters. The van der Waals surface area contributed by atoms with E-state index in [4.69, 9.17) is 4.74 Å². The SMILES string of the molecule is Cc1c(C(=O)O)ccc2c1CC[C@@H]2N(CC(=O)O)Cc1cc(C(=O)NCc2ccc3c(c2)NC(=O)CO3)ncn1. The third-order valence-electron chi connectivity index (χ3n) is 7.12. The summed E-state index contributed by atoms with van der Waals surface area (Å²) in [6.07, 6.45) is 2.54. The summed E-state index contributed by atoms with van der Waals surface area (Å²) in [5.74, 6) is -2.13. The van der Waals surface area contributed by atoms with Crippen LogP contribution in [0.5, 0.6) is 5.75 Å². The van der Waals surface area contributed by atoms with Crippen LogP contribution in [-0.4, -0.2) is 62.0 Å². The molecule has 5 rings (SSSR count). The van der Waals surface area contributed by atoms with Crippen molar-refractivity contribution in [2.45, 2.75) is 38.9 Å². The van der Waals surface area contributed by atoms with Gasteiger partial charge >= 0.3 is 11.9 Å². The summed E-state index contributed by atoms with van der Waals surface area (Å²) in [6.45, 7) is 1.82. The van der Waals surface area contributed by atoms with Crippen molar-refractivity contribution in [2.24, 2.45) is 0 Å². The van der Waals surface area contributed by atoms with Gasteiger partial charge in [-0.1, -0.05) is 12.1 Å². The molecule has 206 valence electrons. The summed E-state index contributed by atoms with van der Waals surface area (Å²) < 4.78 is 5.35. The largest absolute Gasteiger partial charge is 0.482 e. The molecule has 0 saturated heterocycles. The standard InChI is InChI=1S/C28H27N5O7/c1-15-18-5-6-23(20(18)4-3-19(15)28(38)39)33(12-26(35)36)11-17-9-22(31-14-30-17)27(37)29-10-16-2-7-24-21(8-16)32-25(34)13-40-24/h2-4,7-9,14,23H,5-6,10-13H2,1H3,(H,29,37)(H,32,34)(H,35,36)(H,38,39)/t23-/m0/s1. The fraction of sp³-hybridized carbons (Fsp3) is 0.286. The monoisotopic (exact) mass is 545 g/mol. The number of hydrogen-bond acceptors (Lipinski definition) is 8. The zero-order valence-corrected chi connectivity index (χ0v) is 21.6. The third-order valence-corrected chi connectivity index (χ3v) is 7.12. The number of fused-ring (bicyclic) bond motifs is 2. The van der Waals surface area contributed by atoms with Gasteiger partial charge in [-0.05, 0) is 66.3 Å². The van der Waals surface area contributed by atoms with Crippen LogP contribution in [0.3, 0.4) is 0 Å². The zero-order valence-electron chi connectivity index (χ0n) is 21.6. The minimum atomic E-state index is -1.01. The van der Waals surface area contributed by atoms with Crippen molar-refractivity contribution in [3.8, 4) is 5.75 Å². The van der Waals surface area contributed by atoms with Gasteiger partial charge in [0, 0.05) is 19.1 Å². The zero-order chi connectivity index (χ0) is 28.4. The van der Waals surface area contributed by atoms with E-state index < -0.39 is 17.8 Å². The van der Waals surface area contributed by atoms with E-state index >= 15 is 0 Å². The van der Waals surface area contributed by atoms with Gasteiger partial charge in [0.25, 0.3) is 11.8 Å². The number of hydrogen-bond donors (Lipinski definition) is 4. The topological polar surface area (TPSA) is 171 Å². The molecule has 0 fully saturated rings. The number of carboxylic acid groups (broad SMARTS) is 2. The van der Waals surface area contributed by atoms with E-state index in [0.717, 1.165) is 16.7 Å². The minimum absolute atomic E-state index is 0.0401. The normalized spacial score (nSPS) is 15.6. The van der Waals surface area contributed by atoms with Gasteiger partial charge in [0.15, 0.2) is 6.61 Å². The Kier molecular flexibility index (Phi) is 7.43. The minimum Gasteiger partial charge on any atom is -0.482 e. The first kappa shape index (κ1) is 26.8. The Morgan fingerprint density at radius 3 is 2.75 bits per heavy atom. The molecule has 0 bridgehead atoms. The lowest BCUT2D eigenvalue weighted by atomic mass is 9.97. The van der Waals surface area contributed by atoms with Crippen LogP contribution in [0.25, 0.3) is 0 Å². The molecule has 0 unspecified atom stereocenters. The Balaban J connectivity index is 1.29. The van der Waals surface area contributed by atoms with Gasteiger partial charge in [0.2, 0.25) is 0 Å². The van der Waals surface area contributed by atoms with Crippen molar-refractivity contribution < 1.29 is 34.1 Å². The van der Waals surface area contributed by atoms with Crippen LogP contribution < -0.4 is 15.4 Å². The lowest BCUT2D eigenvalue weighted by Crippen LogP contribution is -2.33. The fourth-order valence-corrected chi connectivity index (χ4v) is 5.25. The second-order valence-electron chi connectivity index (χ2n) is 9.71. The molecule has 40 heavy (non-hydrogen) atoms. The van der Waals surface area contributed by atoms with Crippen molar-refractivity contribution >= 4 is 29.4 Å². The van der Waals surface area contributed by atoms with Crippen molar-refractivity contribution in [1.82, 2.24) is 20.2 Å². The lowest BCUT2D eigenvalue weighted by Gasteiger charge is -2.28. The van der Waals surface area contributed by atoms with Crippen molar-refractivity contribution in [2.75, 3.05) is 18.5 Å². The molecule has 2 amide bonds. The summed E-state index contributed by atoms with van der Waals surface area (Å²) >= 11 is 0. The van der Waals surface area contributed by atoms with Crippen molar-refractivity contribution in [3.63, 3.8) is 0 Å². The highest BCUT2D eigenvalue weighted by Crippen LogP contribution is 2.39. The molecular formula is C28H27N5O7. The van der Waals surface area contributed by atoms with E-state index in [0.29, 0.717) is 35.5 Å². The molecule has 0 saturated carbocycles. The number of nitrogens with one attached hydrogen (secondary N) is 2. The van der Waals surface area contributed by atoms with Crippen LogP contribution in [0.1, 0.15) is 61.3 Å². The number of carbonyl (C=O) groups excluding carboxylic acids is 2. The van der Waals surface area contributed by atoms with Gasteiger partial charge in [0.05, 0.1) is 23.5 Å². The number of carboxylic acids is 2. The Hall–Kier alpha value is -4.84. The summed E-state index contributed by atoms with van der Waals surface area (Å²) in [4.78, 5) is 57.8. The van der Waals surface area contributed by atoms with Crippen molar-refractivity contribution in [3.05, 3.63) is 81.9 Å². The van der Waals surface area contributed by atoms with Crippen molar-refractivity contribution in [1.29, 1.82) is 0 Å². The van der Waals surface area contributed by atoms with Gasteiger partial charge in [-0.2, -0.15) is 0 Å². The summed E-state index contributed by atoms with van der Waals surface area (Å²) in [5, 5.41) is 24.6. The number of anilines is 1. The number of carbonyl (C=O) groups is 4. The predicted molar refractivity (Wildman–Crippen MR) is 141 cm³/mol. The number of ether oxygens (including phenoxy) is 1. The summed E-state index contributed by atoms with van der Waals surface area (Å²) in [5.41, 5.74) is 4.65. The van der Waals surface area contributed by atoms with E-state index in [-0.39, 0.29) is 49.4 Å². The predicted octanol–water partition coefficient (Wildman–Crippen LogP) is 2.32. The van der Waals surface area contributed by atoms with Gasteiger partial charge in [0.1, 0.15) is 17.8 Å². The third kappa shape index (κ3) is 5.61. The van der Waals surface area contributed by atoms with E-state index in [1.165, 1.54) is 12.4 Å². The van der Waals surface area contributed by atoms with E-state index in [1.54, 1.807) is 42.2 Å². The molecule has 0 radical (unpaired) electrons.